The molecule has 4 atom stereocenters. The van der Waals surface area contributed by atoms with Crippen molar-refractivity contribution in [1.29, 1.82) is 0 Å². The second-order valence-electron chi connectivity index (χ2n) is 9.02. The molecule has 1 amide bonds. The first-order valence-electron chi connectivity index (χ1n) is 11.2. The van der Waals surface area contributed by atoms with Crippen LogP contribution in [0.3, 0.4) is 0 Å². The second kappa shape index (κ2) is 7.22. The van der Waals surface area contributed by atoms with E-state index in [0.29, 0.717) is 11.3 Å². The van der Waals surface area contributed by atoms with Crippen molar-refractivity contribution in [3.8, 4) is 0 Å². The van der Waals surface area contributed by atoms with Gasteiger partial charge in [0.2, 0.25) is 5.91 Å². The maximum absolute atomic E-state index is 14.9. The van der Waals surface area contributed by atoms with Crippen molar-refractivity contribution in [3.05, 3.63) is 101 Å². The molecule has 1 N–H and O–H groups in total. The van der Waals surface area contributed by atoms with Gasteiger partial charge >= 0.3 is 0 Å². The van der Waals surface area contributed by atoms with Gasteiger partial charge in [-0.05, 0) is 42.3 Å². The Morgan fingerprint density at radius 2 is 1.68 bits per heavy atom. The van der Waals surface area contributed by atoms with Gasteiger partial charge in [-0.15, -0.1) is 0 Å². The molecule has 0 aliphatic carbocycles. The summed E-state index contributed by atoms with van der Waals surface area (Å²) in [6.45, 7) is 1.43. The largest absolute Gasteiger partial charge is 0.352 e. The van der Waals surface area contributed by atoms with Gasteiger partial charge in [-0.25, -0.2) is 4.39 Å². The molecule has 3 aliphatic rings. The zero-order valence-electron chi connectivity index (χ0n) is 18.4. The SMILES string of the molecule is CC(=O)[C@@H]1[C@H](C(=O)c2ccccc2F)[C@]2(C(=O)Nc3ccccc32)[C@@H]2C=Cc3ccccc3N12. The number of rotatable bonds is 3. The van der Waals surface area contributed by atoms with Crippen molar-refractivity contribution < 1.29 is 18.8 Å². The second-order valence-corrected chi connectivity index (χ2v) is 9.02. The Morgan fingerprint density at radius 3 is 2.47 bits per heavy atom. The lowest BCUT2D eigenvalue weighted by Gasteiger charge is -2.37. The zero-order valence-corrected chi connectivity index (χ0v) is 18.4. The van der Waals surface area contributed by atoms with Gasteiger partial charge in [-0.3, -0.25) is 14.4 Å². The van der Waals surface area contributed by atoms with E-state index >= 15 is 0 Å². The minimum atomic E-state index is -1.39. The van der Waals surface area contributed by atoms with Crippen LogP contribution in [0.1, 0.15) is 28.4 Å². The maximum atomic E-state index is 14.9. The molecule has 3 aliphatic heterocycles. The smallest absolute Gasteiger partial charge is 0.238 e. The number of para-hydroxylation sites is 2. The molecule has 6 heteroatoms. The molecule has 3 heterocycles. The van der Waals surface area contributed by atoms with Gasteiger partial charge in [0.25, 0.3) is 0 Å². The van der Waals surface area contributed by atoms with E-state index in [0.717, 1.165) is 11.3 Å². The summed E-state index contributed by atoms with van der Waals surface area (Å²) < 4.78 is 14.9. The standard InChI is InChI=1S/C28H21FN2O3/c1-16(32)25-24(26(33)18-9-3-5-11-20(18)29)28(19-10-4-6-12-21(19)30-27(28)34)23-15-14-17-8-2-7-13-22(17)31(23)25/h2-15,23-25H,1H3,(H,30,34)/t23-,24+,25+,28+/m0/s1. The molecule has 3 aromatic rings. The van der Waals surface area contributed by atoms with E-state index in [1.54, 1.807) is 12.1 Å². The highest BCUT2D eigenvalue weighted by Crippen LogP contribution is 2.57. The van der Waals surface area contributed by atoms with Crippen molar-refractivity contribution in [3.63, 3.8) is 0 Å². The molecule has 34 heavy (non-hydrogen) atoms. The summed E-state index contributed by atoms with van der Waals surface area (Å²) >= 11 is 0. The summed E-state index contributed by atoms with van der Waals surface area (Å²) in [6, 6.07) is 19.0. The number of ketones is 2. The molecule has 168 valence electrons. The van der Waals surface area contributed by atoms with Crippen molar-refractivity contribution >= 4 is 34.9 Å². The van der Waals surface area contributed by atoms with E-state index in [1.165, 1.54) is 25.1 Å². The monoisotopic (exact) mass is 452 g/mol. The third-order valence-electron chi connectivity index (χ3n) is 7.38. The van der Waals surface area contributed by atoms with Gasteiger partial charge < -0.3 is 10.2 Å². The molecule has 5 nitrogen and oxygen atoms in total. The van der Waals surface area contributed by atoms with Crippen molar-refractivity contribution in [1.82, 2.24) is 0 Å². The van der Waals surface area contributed by atoms with E-state index in [9.17, 15) is 18.8 Å². The third kappa shape index (κ3) is 2.51. The number of hydrogen-bond acceptors (Lipinski definition) is 4. The fraction of sp³-hybridized carbons (Fsp3) is 0.179. The Kier molecular flexibility index (Phi) is 4.36. The maximum Gasteiger partial charge on any atom is 0.238 e. The van der Waals surface area contributed by atoms with E-state index < -0.39 is 35.0 Å². The predicted molar refractivity (Wildman–Crippen MR) is 127 cm³/mol. The summed E-state index contributed by atoms with van der Waals surface area (Å²) in [5, 5.41) is 2.94. The number of amides is 1. The highest BCUT2D eigenvalue weighted by atomic mass is 19.1. The summed E-state index contributed by atoms with van der Waals surface area (Å²) in [5.41, 5.74) is 1.41. The van der Waals surface area contributed by atoms with Crippen LogP contribution in [0.25, 0.3) is 6.08 Å². The van der Waals surface area contributed by atoms with E-state index in [-0.39, 0.29) is 17.3 Å². The molecule has 1 saturated heterocycles. The number of hydrogen-bond donors (Lipinski definition) is 1. The number of Topliss-reactive ketones (excluding diaryl/α,β-unsaturated/α-hetero) is 2. The lowest BCUT2D eigenvalue weighted by atomic mass is 9.64. The molecule has 0 aromatic heterocycles. The van der Waals surface area contributed by atoms with Gasteiger partial charge in [0.05, 0.1) is 23.6 Å². The summed E-state index contributed by atoms with van der Waals surface area (Å²) in [5.74, 6) is -2.95. The molecule has 0 saturated carbocycles. The number of carbonyl (C=O) groups excluding carboxylic acids is 3. The summed E-state index contributed by atoms with van der Waals surface area (Å²) in [4.78, 5) is 43.2. The lowest BCUT2D eigenvalue weighted by Crippen LogP contribution is -2.51. The number of anilines is 2. The Morgan fingerprint density at radius 1 is 0.971 bits per heavy atom. The Bertz CT molecular complexity index is 1410. The van der Waals surface area contributed by atoms with Crippen molar-refractivity contribution in [2.45, 2.75) is 24.4 Å². The molecule has 6 rings (SSSR count). The first-order chi connectivity index (χ1) is 16.5. The number of fused-ring (bicyclic) bond motifs is 6. The van der Waals surface area contributed by atoms with Crippen LogP contribution in [0.5, 0.6) is 0 Å². The predicted octanol–water partition coefficient (Wildman–Crippen LogP) is 4.39. The van der Waals surface area contributed by atoms with E-state index in [1.807, 2.05) is 59.5 Å². The van der Waals surface area contributed by atoms with Gasteiger partial charge in [0.15, 0.2) is 11.6 Å². The fourth-order valence-corrected chi connectivity index (χ4v) is 6.10. The van der Waals surface area contributed by atoms with Crippen LogP contribution in [0.2, 0.25) is 0 Å². The number of nitrogens with zero attached hydrogens (tertiary/aromatic N) is 1. The van der Waals surface area contributed by atoms with Crippen LogP contribution in [0, 0.1) is 11.7 Å². The molecular weight excluding hydrogens is 431 g/mol. The topological polar surface area (TPSA) is 66.5 Å². The average molecular weight is 452 g/mol. The van der Waals surface area contributed by atoms with Crippen LogP contribution in [0.15, 0.2) is 78.9 Å². The molecule has 0 radical (unpaired) electrons. The van der Waals surface area contributed by atoms with Crippen molar-refractivity contribution in [2.75, 3.05) is 10.2 Å². The first-order valence-corrected chi connectivity index (χ1v) is 11.2. The molecule has 0 bridgehead atoms. The zero-order chi connectivity index (χ0) is 23.6. The van der Waals surface area contributed by atoms with E-state index in [4.69, 9.17) is 0 Å². The molecule has 3 aromatic carbocycles. The Balaban J connectivity index is 1.68. The number of halogens is 1. The van der Waals surface area contributed by atoms with E-state index in [2.05, 4.69) is 5.32 Å². The number of benzene rings is 3. The Hall–Kier alpha value is -4.06. The van der Waals surface area contributed by atoms with Crippen LogP contribution >= 0.6 is 0 Å². The van der Waals surface area contributed by atoms with Gasteiger partial charge in [0, 0.05) is 11.4 Å². The summed E-state index contributed by atoms with van der Waals surface area (Å²) in [7, 11) is 0. The fourth-order valence-electron chi connectivity index (χ4n) is 6.10. The Labute approximate surface area is 195 Å². The van der Waals surface area contributed by atoms with Gasteiger partial charge in [0.1, 0.15) is 11.2 Å². The van der Waals surface area contributed by atoms with Crippen LogP contribution < -0.4 is 10.2 Å². The summed E-state index contributed by atoms with van der Waals surface area (Å²) in [6.07, 6.45) is 3.83. The molecule has 1 spiro atoms. The third-order valence-corrected chi connectivity index (χ3v) is 7.38. The minimum absolute atomic E-state index is 0.118. The highest BCUT2D eigenvalue weighted by Gasteiger charge is 2.69. The first kappa shape index (κ1) is 20.5. The quantitative estimate of drug-likeness (QED) is 0.599. The van der Waals surface area contributed by atoms with Crippen LogP contribution in [0.4, 0.5) is 15.8 Å². The lowest BCUT2D eigenvalue weighted by molar-refractivity contribution is -0.122. The van der Waals surface area contributed by atoms with Crippen LogP contribution in [-0.2, 0) is 15.0 Å². The number of nitrogens with one attached hydrogen (secondary N) is 1. The normalized spacial score (nSPS) is 26.1. The van der Waals surface area contributed by atoms with Gasteiger partial charge in [-0.2, -0.15) is 0 Å². The van der Waals surface area contributed by atoms with Crippen molar-refractivity contribution in [2.24, 2.45) is 5.92 Å². The van der Waals surface area contributed by atoms with Gasteiger partial charge in [-0.1, -0.05) is 60.7 Å². The average Bonchev–Trinajstić information content (AvgIpc) is 3.32. The molecule has 0 unspecified atom stereocenters. The molecule has 1 fully saturated rings. The minimum Gasteiger partial charge on any atom is -0.352 e. The highest BCUT2D eigenvalue weighted by molar-refractivity contribution is 6.16. The van der Waals surface area contributed by atoms with Crippen LogP contribution in [-0.4, -0.2) is 29.6 Å². The molecular formula is C28H21FN2O3. The number of carbonyl (C=O) groups is 3.